The van der Waals surface area contributed by atoms with Gasteiger partial charge in [-0.05, 0) is 24.3 Å². The molecule has 0 spiro atoms. The number of rotatable bonds is 3. The highest BCUT2D eigenvalue weighted by atomic mass is 19.1. The highest BCUT2D eigenvalue weighted by Crippen LogP contribution is 2.22. The maximum atomic E-state index is 14.1. The van der Waals surface area contributed by atoms with Crippen LogP contribution in [0.25, 0.3) is 10.9 Å². The summed E-state index contributed by atoms with van der Waals surface area (Å²) in [5, 5.41) is 0.124. The largest absolute Gasteiger partial charge is 0.360 e. The van der Waals surface area contributed by atoms with Crippen LogP contribution in [0.3, 0.4) is 0 Å². The fourth-order valence-corrected chi connectivity index (χ4v) is 3.45. The molecule has 0 saturated carbocycles. The van der Waals surface area contributed by atoms with Crippen molar-refractivity contribution in [3.63, 3.8) is 0 Å². The molecule has 3 aromatic rings. The summed E-state index contributed by atoms with van der Waals surface area (Å²) in [7, 11) is 0. The molecule has 6 nitrogen and oxygen atoms in total. The summed E-state index contributed by atoms with van der Waals surface area (Å²) in [4.78, 5) is 43.7. The van der Waals surface area contributed by atoms with E-state index in [2.05, 4.69) is 18.8 Å². The molecule has 1 fully saturated rings. The number of piperazine rings is 1. The third-order valence-electron chi connectivity index (χ3n) is 4.97. The van der Waals surface area contributed by atoms with Gasteiger partial charge in [-0.15, -0.1) is 0 Å². The van der Waals surface area contributed by atoms with Gasteiger partial charge < -0.3 is 14.8 Å². The van der Waals surface area contributed by atoms with E-state index in [0.29, 0.717) is 24.2 Å². The minimum atomic E-state index is -0.751. The fraction of sp³-hybridized carbons (Fsp3) is 0.393. The van der Waals surface area contributed by atoms with E-state index < -0.39 is 17.5 Å². The molecule has 7 heteroatoms. The first-order valence-electron chi connectivity index (χ1n) is 12.4. The average molecular weight is 484 g/mol. The number of hydrogen-bond acceptors (Lipinski definition) is 3. The normalized spacial score (nSPS) is 12.3. The van der Waals surface area contributed by atoms with Crippen molar-refractivity contribution in [2.45, 2.75) is 48.0 Å². The van der Waals surface area contributed by atoms with Crippen LogP contribution >= 0.6 is 0 Å². The minimum Gasteiger partial charge on any atom is -0.360 e. The third-order valence-corrected chi connectivity index (χ3v) is 4.97. The lowest BCUT2D eigenvalue weighted by molar-refractivity contribution is -0.127. The van der Waals surface area contributed by atoms with Crippen molar-refractivity contribution in [1.82, 2.24) is 14.8 Å². The second kappa shape index (κ2) is 15.4. The Kier molecular flexibility index (Phi) is 13.0. The molecule has 2 heterocycles. The molecule has 1 saturated heterocycles. The molecule has 0 radical (unpaired) electrons. The zero-order valence-corrected chi connectivity index (χ0v) is 21.7. The van der Waals surface area contributed by atoms with Crippen molar-refractivity contribution in [3.05, 3.63) is 71.7 Å². The minimum absolute atomic E-state index is 0.0286. The van der Waals surface area contributed by atoms with Crippen LogP contribution in [0.5, 0.6) is 0 Å². The number of carbonyl (C=O) groups excluding carboxylic acids is 3. The number of fused-ring (bicyclic) bond motifs is 1. The molecule has 0 atom stereocenters. The van der Waals surface area contributed by atoms with Crippen LogP contribution in [0.1, 0.15) is 68.7 Å². The zero-order chi connectivity index (χ0) is 26.4. The lowest BCUT2D eigenvalue weighted by Gasteiger charge is -2.34. The molecule has 2 amide bonds. The lowest BCUT2D eigenvalue weighted by Crippen LogP contribution is -2.52. The summed E-state index contributed by atoms with van der Waals surface area (Å²) in [5.74, 6) is -2.08. The van der Waals surface area contributed by atoms with Gasteiger partial charge >= 0.3 is 0 Å². The van der Waals surface area contributed by atoms with Crippen LogP contribution in [-0.2, 0) is 4.79 Å². The molecule has 2 aromatic carbocycles. The van der Waals surface area contributed by atoms with Gasteiger partial charge in [-0.25, -0.2) is 4.39 Å². The van der Waals surface area contributed by atoms with Crippen molar-refractivity contribution in [1.29, 1.82) is 0 Å². The fourth-order valence-electron chi connectivity index (χ4n) is 3.45. The van der Waals surface area contributed by atoms with Crippen molar-refractivity contribution in [3.8, 4) is 0 Å². The Hall–Kier alpha value is -3.48. The molecule has 1 aromatic heterocycles. The quantitative estimate of drug-likeness (QED) is 0.370. The number of Topliss-reactive ketones (excluding diaryl/α,β-unsaturated/α-hetero) is 1. The molecule has 190 valence electrons. The van der Waals surface area contributed by atoms with Crippen LogP contribution < -0.4 is 0 Å². The molecular weight excluding hydrogens is 445 g/mol. The molecule has 0 aliphatic carbocycles. The van der Waals surface area contributed by atoms with E-state index in [4.69, 9.17) is 0 Å². The topological polar surface area (TPSA) is 73.5 Å². The van der Waals surface area contributed by atoms with E-state index in [1.54, 1.807) is 35.2 Å². The molecule has 1 aliphatic rings. The van der Waals surface area contributed by atoms with Gasteiger partial charge in [-0.1, -0.05) is 72.2 Å². The second-order valence-corrected chi connectivity index (χ2v) is 7.35. The molecule has 0 unspecified atom stereocenters. The molecule has 4 rings (SSSR count). The van der Waals surface area contributed by atoms with Gasteiger partial charge in [-0.3, -0.25) is 14.4 Å². The second-order valence-electron chi connectivity index (χ2n) is 7.35. The predicted octanol–water partition coefficient (Wildman–Crippen LogP) is 5.94. The first-order valence-corrected chi connectivity index (χ1v) is 12.4. The summed E-state index contributed by atoms with van der Waals surface area (Å²) >= 11 is 0. The van der Waals surface area contributed by atoms with Gasteiger partial charge in [0.15, 0.2) is 0 Å². The zero-order valence-electron chi connectivity index (χ0n) is 21.7. The van der Waals surface area contributed by atoms with Gasteiger partial charge in [0.2, 0.25) is 0 Å². The lowest BCUT2D eigenvalue weighted by atomic mass is 10.1. The van der Waals surface area contributed by atoms with Gasteiger partial charge in [0.25, 0.3) is 17.6 Å². The van der Waals surface area contributed by atoms with E-state index in [1.165, 1.54) is 29.7 Å². The highest BCUT2D eigenvalue weighted by molar-refractivity contribution is 6.44. The maximum Gasteiger partial charge on any atom is 0.295 e. The SMILES string of the molecule is CC.CC.CCC.O=C(C(=O)N1CCN(C(=O)c2ccccc2)CC1)c1c[nH]c2cccc(F)c12. The number of carbonyl (C=O) groups is 3. The number of hydrogen-bond donors (Lipinski definition) is 1. The van der Waals surface area contributed by atoms with E-state index in [-0.39, 0.29) is 29.9 Å². The number of benzene rings is 2. The van der Waals surface area contributed by atoms with E-state index in [9.17, 15) is 18.8 Å². The van der Waals surface area contributed by atoms with E-state index >= 15 is 0 Å². The summed E-state index contributed by atoms with van der Waals surface area (Å²) in [6.07, 6.45) is 2.61. The maximum absolute atomic E-state index is 14.1. The summed E-state index contributed by atoms with van der Waals surface area (Å²) < 4.78 is 14.1. The van der Waals surface area contributed by atoms with Crippen molar-refractivity contribution in [2.75, 3.05) is 26.2 Å². The van der Waals surface area contributed by atoms with E-state index in [0.717, 1.165) is 0 Å². The number of nitrogens with one attached hydrogen (secondary N) is 1. The van der Waals surface area contributed by atoms with Crippen molar-refractivity contribution >= 4 is 28.5 Å². The predicted molar refractivity (Wildman–Crippen MR) is 140 cm³/mol. The Morgan fingerprint density at radius 2 is 1.37 bits per heavy atom. The first kappa shape index (κ1) is 29.6. The van der Waals surface area contributed by atoms with Gasteiger partial charge in [0.05, 0.1) is 5.56 Å². The summed E-state index contributed by atoms with van der Waals surface area (Å²) in [5.41, 5.74) is 1.09. The van der Waals surface area contributed by atoms with Gasteiger partial charge in [-0.2, -0.15) is 0 Å². The number of aromatic amines is 1. The average Bonchev–Trinajstić information content (AvgIpc) is 3.36. The van der Waals surface area contributed by atoms with Gasteiger partial charge in [0, 0.05) is 48.8 Å². The number of ketones is 1. The van der Waals surface area contributed by atoms with E-state index in [1.807, 2.05) is 33.8 Å². The van der Waals surface area contributed by atoms with Crippen LogP contribution in [-0.4, -0.2) is 58.6 Å². The van der Waals surface area contributed by atoms with Crippen molar-refractivity contribution < 1.29 is 18.8 Å². The molecular formula is C28H38FN3O3. The Morgan fingerprint density at radius 3 is 1.94 bits per heavy atom. The smallest absolute Gasteiger partial charge is 0.295 e. The summed E-state index contributed by atoms with van der Waals surface area (Å²) in [6.45, 7) is 13.5. The molecule has 1 aliphatic heterocycles. The highest BCUT2D eigenvalue weighted by Gasteiger charge is 2.30. The standard InChI is InChI=1S/C21H18FN3O3.C3H8.2C2H6/c22-16-7-4-8-17-18(16)15(13-23-17)19(26)21(28)25-11-9-24(10-12-25)20(27)14-5-2-1-3-6-14;1-3-2;2*1-2/h1-8,13,23H,9-12H2;3H2,1-2H3;2*1-2H3. The molecule has 35 heavy (non-hydrogen) atoms. The third kappa shape index (κ3) is 7.50. The Labute approximate surface area is 208 Å². The Bertz CT molecular complexity index is 1070. The van der Waals surface area contributed by atoms with Crippen LogP contribution in [0.2, 0.25) is 0 Å². The first-order chi connectivity index (χ1) is 17.0. The van der Waals surface area contributed by atoms with Crippen LogP contribution in [0.4, 0.5) is 4.39 Å². The summed E-state index contributed by atoms with van der Waals surface area (Å²) in [6, 6.07) is 13.4. The molecule has 0 bridgehead atoms. The molecule has 1 N–H and O–H groups in total. The number of aromatic nitrogens is 1. The number of halogens is 1. The van der Waals surface area contributed by atoms with Crippen LogP contribution in [0.15, 0.2) is 54.7 Å². The number of amides is 2. The number of nitrogens with zero attached hydrogens (tertiary/aromatic N) is 2. The van der Waals surface area contributed by atoms with Gasteiger partial charge in [0.1, 0.15) is 5.82 Å². The number of H-pyrrole nitrogens is 1. The Balaban J connectivity index is 0.000000797. The monoisotopic (exact) mass is 483 g/mol. The Morgan fingerprint density at radius 1 is 0.829 bits per heavy atom. The van der Waals surface area contributed by atoms with Crippen molar-refractivity contribution in [2.24, 2.45) is 0 Å². The van der Waals surface area contributed by atoms with Crippen LogP contribution in [0, 0.1) is 5.82 Å².